The molecule has 0 radical (unpaired) electrons. The predicted molar refractivity (Wildman–Crippen MR) is 84.7 cm³/mol. The molecule has 1 N–H and O–H groups in total. The number of hydrogen-bond donors (Lipinski definition) is 1. The molecule has 0 saturated heterocycles. The van der Waals surface area contributed by atoms with Crippen LogP contribution in [0.15, 0.2) is 42.5 Å². The lowest BCUT2D eigenvalue weighted by molar-refractivity contribution is 0.620. The van der Waals surface area contributed by atoms with E-state index in [1.807, 2.05) is 12.1 Å². The Hall–Kier alpha value is -1.94. The molecular weight excluding hydrogens is 283 g/mol. The SMILES string of the molecule is Cc1cc2c(cc1F)[nH]c(=S)n2C1CC1c1ccccc1. The molecule has 4 rings (SSSR count). The smallest absolute Gasteiger partial charge is 0.178 e. The van der Waals surface area contributed by atoms with E-state index < -0.39 is 0 Å². The molecule has 4 heteroatoms. The summed E-state index contributed by atoms with van der Waals surface area (Å²) in [5, 5.41) is 0. The van der Waals surface area contributed by atoms with Gasteiger partial charge in [0.05, 0.1) is 11.0 Å². The van der Waals surface area contributed by atoms with Gasteiger partial charge < -0.3 is 9.55 Å². The van der Waals surface area contributed by atoms with Crippen LogP contribution in [0.1, 0.15) is 29.5 Å². The van der Waals surface area contributed by atoms with Gasteiger partial charge in [0.15, 0.2) is 4.77 Å². The van der Waals surface area contributed by atoms with Crippen LogP contribution >= 0.6 is 12.2 Å². The standard InChI is InChI=1S/C17H15FN2S/c1-10-7-16-14(9-13(10)18)19-17(21)20(16)15-8-12(15)11-5-3-2-4-6-11/h2-7,9,12,15H,8H2,1H3,(H,19,21). The zero-order chi connectivity index (χ0) is 14.6. The van der Waals surface area contributed by atoms with Crippen LogP contribution in [0.25, 0.3) is 11.0 Å². The lowest BCUT2D eigenvalue weighted by Gasteiger charge is -2.05. The second-order valence-electron chi connectivity index (χ2n) is 5.74. The van der Waals surface area contributed by atoms with Crippen molar-refractivity contribution in [3.8, 4) is 0 Å². The monoisotopic (exact) mass is 298 g/mol. The molecule has 0 amide bonds. The van der Waals surface area contributed by atoms with E-state index in [1.54, 1.807) is 6.92 Å². The van der Waals surface area contributed by atoms with Crippen LogP contribution in [0, 0.1) is 17.5 Å². The van der Waals surface area contributed by atoms with Gasteiger partial charge in [0, 0.05) is 12.0 Å². The highest BCUT2D eigenvalue weighted by molar-refractivity contribution is 7.71. The maximum Gasteiger partial charge on any atom is 0.178 e. The Morgan fingerprint density at radius 2 is 2.00 bits per heavy atom. The van der Waals surface area contributed by atoms with E-state index in [0.29, 0.717) is 22.3 Å². The Balaban J connectivity index is 1.80. The zero-order valence-corrected chi connectivity index (χ0v) is 12.5. The number of imidazole rings is 1. The van der Waals surface area contributed by atoms with E-state index in [2.05, 4.69) is 33.8 Å². The van der Waals surface area contributed by atoms with Crippen molar-refractivity contribution >= 4 is 23.3 Å². The van der Waals surface area contributed by atoms with Crippen molar-refractivity contribution in [3.05, 3.63) is 64.2 Å². The van der Waals surface area contributed by atoms with Crippen molar-refractivity contribution in [1.29, 1.82) is 0 Å². The number of aryl methyl sites for hydroxylation is 1. The average molecular weight is 298 g/mol. The van der Waals surface area contributed by atoms with E-state index in [9.17, 15) is 4.39 Å². The number of halogens is 1. The molecule has 106 valence electrons. The number of hydrogen-bond acceptors (Lipinski definition) is 1. The van der Waals surface area contributed by atoms with Crippen molar-refractivity contribution < 1.29 is 4.39 Å². The topological polar surface area (TPSA) is 20.7 Å². The normalized spacial score (nSPS) is 20.9. The average Bonchev–Trinajstić information content (AvgIpc) is 3.19. The van der Waals surface area contributed by atoms with E-state index in [4.69, 9.17) is 12.2 Å². The molecule has 1 heterocycles. The van der Waals surface area contributed by atoms with Gasteiger partial charge in [-0.05, 0) is 48.8 Å². The number of fused-ring (bicyclic) bond motifs is 1. The zero-order valence-electron chi connectivity index (χ0n) is 11.6. The van der Waals surface area contributed by atoms with Crippen LogP contribution in [-0.4, -0.2) is 9.55 Å². The fraction of sp³-hybridized carbons (Fsp3) is 0.235. The van der Waals surface area contributed by atoms with Crippen molar-refractivity contribution in [1.82, 2.24) is 9.55 Å². The minimum atomic E-state index is -0.193. The summed E-state index contributed by atoms with van der Waals surface area (Å²) in [7, 11) is 0. The fourth-order valence-electron chi connectivity index (χ4n) is 3.11. The Kier molecular flexibility index (Phi) is 2.76. The van der Waals surface area contributed by atoms with Gasteiger partial charge in [0.25, 0.3) is 0 Å². The molecule has 21 heavy (non-hydrogen) atoms. The van der Waals surface area contributed by atoms with Crippen LogP contribution in [0.2, 0.25) is 0 Å². The molecule has 2 aromatic carbocycles. The number of nitrogens with one attached hydrogen (secondary N) is 1. The van der Waals surface area contributed by atoms with Crippen LogP contribution < -0.4 is 0 Å². The lowest BCUT2D eigenvalue weighted by atomic mass is 10.1. The highest BCUT2D eigenvalue weighted by atomic mass is 32.1. The quantitative estimate of drug-likeness (QED) is 0.669. The summed E-state index contributed by atoms with van der Waals surface area (Å²) >= 11 is 5.44. The number of nitrogens with zero attached hydrogens (tertiary/aromatic N) is 1. The lowest BCUT2D eigenvalue weighted by Crippen LogP contribution is -1.96. The minimum Gasteiger partial charge on any atom is -0.330 e. The van der Waals surface area contributed by atoms with E-state index >= 15 is 0 Å². The summed E-state index contributed by atoms with van der Waals surface area (Å²) in [5.74, 6) is 0.309. The second-order valence-corrected chi connectivity index (χ2v) is 6.13. The van der Waals surface area contributed by atoms with E-state index in [1.165, 1.54) is 11.6 Å². The molecular formula is C17H15FN2S. The molecule has 1 aliphatic carbocycles. The number of H-pyrrole nitrogens is 1. The largest absolute Gasteiger partial charge is 0.330 e. The molecule has 0 bridgehead atoms. The maximum atomic E-state index is 13.7. The molecule has 0 spiro atoms. The Bertz CT molecular complexity index is 879. The van der Waals surface area contributed by atoms with Gasteiger partial charge in [-0.2, -0.15) is 0 Å². The molecule has 0 aliphatic heterocycles. The van der Waals surface area contributed by atoms with E-state index in [-0.39, 0.29) is 5.82 Å². The summed E-state index contributed by atoms with van der Waals surface area (Å²) in [6.07, 6.45) is 1.09. The first-order valence-electron chi connectivity index (χ1n) is 7.10. The molecule has 1 aliphatic rings. The van der Waals surface area contributed by atoms with Gasteiger partial charge in [0.1, 0.15) is 5.82 Å². The van der Waals surface area contributed by atoms with Gasteiger partial charge >= 0.3 is 0 Å². The van der Waals surface area contributed by atoms with Crippen LogP contribution in [0.5, 0.6) is 0 Å². The molecule has 3 aromatic rings. The van der Waals surface area contributed by atoms with Gasteiger partial charge in [-0.15, -0.1) is 0 Å². The molecule has 1 saturated carbocycles. The Morgan fingerprint density at radius 3 is 2.76 bits per heavy atom. The predicted octanol–water partition coefficient (Wildman–Crippen LogP) is 4.88. The fourth-order valence-corrected chi connectivity index (χ4v) is 3.45. The molecule has 1 aromatic heterocycles. The summed E-state index contributed by atoms with van der Waals surface area (Å²) in [6, 6.07) is 14.3. The third-order valence-electron chi connectivity index (χ3n) is 4.31. The summed E-state index contributed by atoms with van der Waals surface area (Å²) in [4.78, 5) is 3.13. The van der Waals surface area contributed by atoms with Gasteiger partial charge in [-0.25, -0.2) is 4.39 Å². The summed E-state index contributed by atoms with van der Waals surface area (Å²) < 4.78 is 16.5. The first-order valence-corrected chi connectivity index (χ1v) is 7.51. The maximum absolute atomic E-state index is 13.7. The molecule has 2 unspecified atom stereocenters. The van der Waals surface area contributed by atoms with Gasteiger partial charge in [-0.1, -0.05) is 30.3 Å². The van der Waals surface area contributed by atoms with Crippen LogP contribution in [-0.2, 0) is 0 Å². The number of aromatic amines is 1. The van der Waals surface area contributed by atoms with Crippen molar-refractivity contribution in [2.75, 3.05) is 0 Å². The third-order valence-corrected chi connectivity index (χ3v) is 4.61. The highest BCUT2D eigenvalue weighted by Gasteiger charge is 2.41. The van der Waals surface area contributed by atoms with Crippen molar-refractivity contribution in [2.45, 2.75) is 25.3 Å². The van der Waals surface area contributed by atoms with Gasteiger partial charge in [-0.3, -0.25) is 0 Å². The molecule has 2 atom stereocenters. The van der Waals surface area contributed by atoms with Crippen molar-refractivity contribution in [3.63, 3.8) is 0 Å². The first kappa shape index (κ1) is 12.8. The Labute approximate surface area is 127 Å². The van der Waals surface area contributed by atoms with Gasteiger partial charge in [0.2, 0.25) is 0 Å². The number of rotatable bonds is 2. The summed E-state index contributed by atoms with van der Waals surface area (Å²) in [5.41, 5.74) is 3.78. The van der Waals surface area contributed by atoms with Crippen LogP contribution in [0.4, 0.5) is 4.39 Å². The number of aromatic nitrogens is 2. The second kappa shape index (κ2) is 4.53. The van der Waals surface area contributed by atoms with Crippen LogP contribution in [0.3, 0.4) is 0 Å². The molecule has 2 nitrogen and oxygen atoms in total. The number of benzene rings is 2. The highest BCUT2D eigenvalue weighted by Crippen LogP contribution is 2.52. The van der Waals surface area contributed by atoms with E-state index in [0.717, 1.165) is 17.5 Å². The third kappa shape index (κ3) is 2.02. The summed E-state index contributed by atoms with van der Waals surface area (Å²) in [6.45, 7) is 1.79. The minimum absolute atomic E-state index is 0.193. The van der Waals surface area contributed by atoms with Crippen molar-refractivity contribution in [2.24, 2.45) is 0 Å². The first-order chi connectivity index (χ1) is 10.1. The Morgan fingerprint density at radius 1 is 1.24 bits per heavy atom. The molecule has 1 fully saturated rings.